The lowest BCUT2D eigenvalue weighted by atomic mass is 9.95. The summed E-state index contributed by atoms with van der Waals surface area (Å²) in [5.74, 6) is -0.992. The maximum Gasteiger partial charge on any atom is 0.336 e. The molecule has 0 saturated heterocycles. The number of rotatable bonds is 2. The number of hydrogen-bond acceptors (Lipinski definition) is 3. The highest BCUT2D eigenvalue weighted by molar-refractivity contribution is 6.05. The Bertz CT molecular complexity index is 807. The molecule has 98 valence electrons. The molecule has 4 heteroatoms. The molecule has 1 aromatic heterocycles. The van der Waals surface area contributed by atoms with Crippen LogP contribution >= 0.6 is 0 Å². The molecular weight excluding hydrogens is 252 g/mol. The number of aromatic carboxylic acids is 1. The van der Waals surface area contributed by atoms with Gasteiger partial charge >= 0.3 is 5.97 Å². The summed E-state index contributed by atoms with van der Waals surface area (Å²) in [6.07, 6.45) is 1.66. The summed E-state index contributed by atoms with van der Waals surface area (Å²) in [6, 6.07) is 14.3. The zero-order valence-electron chi connectivity index (χ0n) is 10.6. The molecular formula is C16H12N2O2. The fraction of sp³-hybridized carbons (Fsp3) is 0. The molecule has 0 amide bonds. The van der Waals surface area contributed by atoms with Crippen LogP contribution in [0.5, 0.6) is 0 Å². The van der Waals surface area contributed by atoms with Crippen molar-refractivity contribution >= 4 is 22.6 Å². The number of nitrogen functional groups attached to an aromatic ring is 1. The van der Waals surface area contributed by atoms with Gasteiger partial charge in [-0.1, -0.05) is 24.3 Å². The van der Waals surface area contributed by atoms with Crippen molar-refractivity contribution < 1.29 is 9.90 Å². The topological polar surface area (TPSA) is 76.2 Å². The van der Waals surface area contributed by atoms with Crippen LogP contribution in [0.2, 0.25) is 0 Å². The van der Waals surface area contributed by atoms with Crippen LogP contribution in [0, 0.1) is 0 Å². The van der Waals surface area contributed by atoms with E-state index in [4.69, 9.17) is 5.73 Å². The molecule has 3 aromatic rings. The van der Waals surface area contributed by atoms with Gasteiger partial charge in [-0.25, -0.2) is 4.79 Å². The van der Waals surface area contributed by atoms with Gasteiger partial charge in [-0.05, 0) is 29.8 Å². The summed E-state index contributed by atoms with van der Waals surface area (Å²) >= 11 is 0. The molecule has 0 atom stereocenters. The minimum absolute atomic E-state index is 0.196. The molecule has 0 unspecified atom stereocenters. The fourth-order valence-electron chi connectivity index (χ4n) is 2.36. The first-order valence-corrected chi connectivity index (χ1v) is 6.14. The number of carbonyl (C=O) groups is 1. The van der Waals surface area contributed by atoms with Gasteiger partial charge in [0.15, 0.2) is 0 Å². The summed E-state index contributed by atoms with van der Waals surface area (Å²) in [7, 11) is 0. The second-order valence-corrected chi connectivity index (χ2v) is 4.45. The zero-order valence-corrected chi connectivity index (χ0v) is 10.6. The first-order valence-electron chi connectivity index (χ1n) is 6.14. The highest BCUT2D eigenvalue weighted by Crippen LogP contribution is 2.34. The molecule has 4 nitrogen and oxygen atoms in total. The number of para-hydroxylation sites is 1. The van der Waals surface area contributed by atoms with Crippen molar-refractivity contribution in [1.29, 1.82) is 0 Å². The van der Waals surface area contributed by atoms with E-state index < -0.39 is 5.97 Å². The van der Waals surface area contributed by atoms with Crippen LogP contribution in [0.15, 0.2) is 54.7 Å². The molecule has 0 fully saturated rings. The predicted octanol–water partition coefficient (Wildman–Crippen LogP) is 3.18. The lowest BCUT2D eigenvalue weighted by Crippen LogP contribution is -2.03. The van der Waals surface area contributed by atoms with Crippen LogP contribution in [0.3, 0.4) is 0 Å². The number of aromatic nitrogens is 1. The maximum absolute atomic E-state index is 11.4. The smallest absolute Gasteiger partial charge is 0.336 e. The lowest BCUT2D eigenvalue weighted by molar-refractivity contribution is 0.0698. The minimum atomic E-state index is -0.992. The van der Waals surface area contributed by atoms with Crippen molar-refractivity contribution in [1.82, 2.24) is 4.98 Å². The number of nitrogens with two attached hydrogens (primary N) is 1. The fourth-order valence-corrected chi connectivity index (χ4v) is 2.36. The number of benzene rings is 2. The molecule has 0 spiro atoms. The number of carboxylic acid groups (broad SMARTS) is 1. The average Bonchev–Trinajstić information content (AvgIpc) is 2.46. The van der Waals surface area contributed by atoms with Crippen LogP contribution in [-0.2, 0) is 0 Å². The number of nitrogens with zero attached hydrogens (tertiary/aromatic N) is 1. The van der Waals surface area contributed by atoms with Crippen molar-refractivity contribution in [2.75, 3.05) is 5.73 Å². The van der Waals surface area contributed by atoms with Crippen LogP contribution in [0.1, 0.15) is 10.4 Å². The Morgan fingerprint density at radius 1 is 1.05 bits per heavy atom. The summed E-state index contributed by atoms with van der Waals surface area (Å²) in [5.41, 5.74) is 8.77. The molecule has 0 aliphatic heterocycles. The van der Waals surface area contributed by atoms with E-state index in [1.807, 2.05) is 24.3 Å². The Balaban J connectivity index is 2.40. The Morgan fingerprint density at radius 2 is 1.85 bits per heavy atom. The lowest BCUT2D eigenvalue weighted by Gasteiger charge is -2.12. The summed E-state index contributed by atoms with van der Waals surface area (Å²) in [5, 5.41) is 10.2. The molecule has 20 heavy (non-hydrogen) atoms. The third kappa shape index (κ3) is 1.87. The highest BCUT2D eigenvalue weighted by Gasteiger charge is 2.16. The number of pyridine rings is 1. The van der Waals surface area contributed by atoms with E-state index in [-0.39, 0.29) is 5.56 Å². The van der Waals surface area contributed by atoms with Gasteiger partial charge in [-0.15, -0.1) is 0 Å². The number of hydrogen-bond donors (Lipinski definition) is 2. The van der Waals surface area contributed by atoms with Gasteiger partial charge in [0.2, 0.25) is 0 Å². The Labute approximate surface area is 115 Å². The third-order valence-corrected chi connectivity index (χ3v) is 3.25. The van der Waals surface area contributed by atoms with Gasteiger partial charge in [-0.3, -0.25) is 4.98 Å². The second kappa shape index (κ2) is 4.66. The molecule has 3 rings (SSSR count). The monoisotopic (exact) mass is 264 g/mol. The van der Waals surface area contributed by atoms with Crippen molar-refractivity contribution in [3.05, 3.63) is 60.3 Å². The van der Waals surface area contributed by atoms with Crippen molar-refractivity contribution in [3.8, 4) is 11.1 Å². The van der Waals surface area contributed by atoms with Crippen LogP contribution in [0.25, 0.3) is 22.0 Å². The first-order chi connectivity index (χ1) is 9.68. The molecule has 0 aliphatic carbocycles. The molecule has 0 radical (unpaired) electrons. The van der Waals surface area contributed by atoms with E-state index in [9.17, 15) is 9.90 Å². The normalized spacial score (nSPS) is 10.6. The van der Waals surface area contributed by atoms with E-state index >= 15 is 0 Å². The van der Waals surface area contributed by atoms with Gasteiger partial charge in [-0.2, -0.15) is 0 Å². The van der Waals surface area contributed by atoms with E-state index in [0.717, 1.165) is 16.5 Å². The predicted molar refractivity (Wildman–Crippen MR) is 78.6 cm³/mol. The number of fused-ring (bicyclic) bond motifs is 1. The standard InChI is InChI=1S/C16H12N2O2/c17-13-6-3-5-12(16(19)20)15(13)11-8-9-18-14-7-2-1-4-10(11)14/h1-9H,17H2,(H,19,20). The van der Waals surface area contributed by atoms with E-state index in [0.29, 0.717) is 11.3 Å². The SMILES string of the molecule is Nc1cccc(C(=O)O)c1-c1ccnc2ccccc12. The van der Waals surface area contributed by atoms with Gasteiger partial charge in [0.1, 0.15) is 0 Å². The molecule has 3 N–H and O–H groups in total. The Hall–Kier alpha value is -2.88. The number of carboxylic acids is 1. The maximum atomic E-state index is 11.4. The molecule has 1 heterocycles. The van der Waals surface area contributed by atoms with E-state index in [1.165, 1.54) is 0 Å². The summed E-state index contributed by atoms with van der Waals surface area (Å²) in [6.45, 7) is 0. The number of anilines is 1. The minimum Gasteiger partial charge on any atom is -0.478 e. The van der Waals surface area contributed by atoms with Crippen LogP contribution < -0.4 is 5.73 Å². The van der Waals surface area contributed by atoms with Gasteiger partial charge < -0.3 is 10.8 Å². The van der Waals surface area contributed by atoms with Gasteiger partial charge in [0.05, 0.1) is 11.1 Å². The van der Waals surface area contributed by atoms with Gasteiger partial charge in [0.25, 0.3) is 0 Å². The molecule has 2 aromatic carbocycles. The average molecular weight is 264 g/mol. The van der Waals surface area contributed by atoms with E-state index in [1.54, 1.807) is 30.5 Å². The van der Waals surface area contributed by atoms with Crippen molar-refractivity contribution in [3.63, 3.8) is 0 Å². The quantitative estimate of drug-likeness (QED) is 0.697. The highest BCUT2D eigenvalue weighted by atomic mass is 16.4. The second-order valence-electron chi connectivity index (χ2n) is 4.45. The van der Waals surface area contributed by atoms with Crippen molar-refractivity contribution in [2.45, 2.75) is 0 Å². The first kappa shape index (κ1) is 12.2. The van der Waals surface area contributed by atoms with Crippen LogP contribution in [0.4, 0.5) is 5.69 Å². The Kier molecular flexibility index (Phi) is 2.84. The van der Waals surface area contributed by atoms with E-state index in [2.05, 4.69) is 4.98 Å². The molecule has 0 bridgehead atoms. The van der Waals surface area contributed by atoms with Gasteiger partial charge in [0, 0.05) is 22.8 Å². The Morgan fingerprint density at radius 3 is 2.65 bits per heavy atom. The van der Waals surface area contributed by atoms with Crippen LogP contribution in [-0.4, -0.2) is 16.1 Å². The molecule has 0 saturated carbocycles. The summed E-state index contributed by atoms with van der Waals surface area (Å²) < 4.78 is 0. The largest absolute Gasteiger partial charge is 0.478 e. The zero-order chi connectivity index (χ0) is 14.1. The molecule has 0 aliphatic rings. The third-order valence-electron chi connectivity index (χ3n) is 3.25. The van der Waals surface area contributed by atoms with Crippen molar-refractivity contribution in [2.24, 2.45) is 0 Å². The summed E-state index contributed by atoms with van der Waals surface area (Å²) in [4.78, 5) is 15.7.